The Morgan fingerprint density at radius 3 is 2.72 bits per heavy atom. The van der Waals surface area contributed by atoms with E-state index in [9.17, 15) is 0 Å². The van der Waals surface area contributed by atoms with E-state index < -0.39 is 0 Å². The Balaban J connectivity index is 2.01. The van der Waals surface area contributed by atoms with Gasteiger partial charge in [0.2, 0.25) is 0 Å². The highest BCUT2D eigenvalue weighted by Crippen LogP contribution is 2.13. The second-order valence-electron chi connectivity index (χ2n) is 4.12. The summed E-state index contributed by atoms with van der Waals surface area (Å²) in [5.41, 5.74) is 2.01. The summed E-state index contributed by atoms with van der Waals surface area (Å²) in [7, 11) is 0. The van der Waals surface area contributed by atoms with E-state index in [2.05, 4.69) is 15.1 Å². The standard InChI is InChI=1S/C13H11ClN4/c1-9-7-11(14)18-13(15-9)16-12(17-18)8-10-5-3-2-4-6-10/h2-7H,8H2,1H3. The number of aromatic nitrogens is 4. The predicted molar refractivity (Wildman–Crippen MR) is 69.8 cm³/mol. The number of benzene rings is 1. The molecule has 3 aromatic rings. The molecule has 0 amide bonds. The van der Waals surface area contributed by atoms with Gasteiger partial charge in [0.25, 0.3) is 5.78 Å². The lowest BCUT2D eigenvalue weighted by Crippen LogP contribution is -1.94. The van der Waals surface area contributed by atoms with Gasteiger partial charge in [-0.3, -0.25) is 0 Å². The van der Waals surface area contributed by atoms with E-state index in [0.29, 0.717) is 17.4 Å². The zero-order valence-corrected chi connectivity index (χ0v) is 10.6. The van der Waals surface area contributed by atoms with Gasteiger partial charge in [0.05, 0.1) is 0 Å². The van der Waals surface area contributed by atoms with Crippen LogP contribution in [0, 0.1) is 6.92 Å². The highest BCUT2D eigenvalue weighted by molar-refractivity contribution is 6.29. The Morgan fingerprint density at radius 1 is 1.17 bits per heavy atom. The Bertz CT molecular complexity index is 691. The number of halogens is 1. The third-order valence-corrected chi connectivity index (χ3v) is 2.91. The van der Waals surface area contributed by atoms with Crippen LogP contribution in [-0.2, 0) is 6.42 Å². The first-order valence-corrected chi connectivity index (χ1v) is 6.03. The Labute approximate surface area is 109 Å². The molecular weight excluding hydrogens is 248 g/mol. The molecule has 0 aliphatic heterocycles. The molecule has 2 heterocycles. The van der Waals surface area contributed by atoms with Crippen molar-refractivity contribution in [3.05, 3.63) is 58.6 Å². The first-order chi connectivity index (χ1) is 8.72. The lowest BCUT2D eigenvalue weighted by atomic mass is 10.1. The summed E-state index contributed by atoms with van der Waals surface area (Å²) in [5, 5.41) is 4.89. The maximum Gasteiger partial charge on any atom is 0.254 e. The fraction of sp³-hybridized carbons (Fsp3) is 0.154. The van der Waals surface area contributed by atoms with Crippen LogP contribution in [0.3, 0.4) is 0 Å². The molecule has 5 heteroatoms. The van der Waals surface area contributed by atoms with E-state index in [4.69, 9.17) is 11.6 Å². The van der Waals surface area contributed by atoms with Gasteiger partial charge in [0, 0.05) is 12.1 Å². The van der Waals surface area contributed by atoms with Gasteiger partial charge >= 0.3 is 0 Å². The number of hydrogen-bond acceptors (Lipinski definition) is 3. The number of aryl methyl sites for hydroxylation is 1. The first-order valence-electron chi connectivity index (χ1n) is 5.65. The van der Waals surface area contributed by atoms with Crippen molar-refractivity contribution in [1.82, 2.24) is 19.6 Å². The summed E-state index contributed by atoms with van der Waals surface area (Å²) in [6, 6.07) is 11.9. The molecule has 1 aromatic carbocycles. The number of fused-ring (bicyclic) bond motifs is 1. The lowest BCUT2D eigenvalue weighted by molar-refractivity contribution is 0.888. The average Bonchev–Trinajstić information content (AvgIpc) is 2.73. The molecule has 0 spiro atoms. The number of rotatable bonds is 2. The maximum atomic E-state index is 6.10. The van der Waals surface area contributed by atoms with Gasteiger partial charge in [-0.15, -0.1) is 5.10 Å². The Kier molecular flexibility index (Phi) is 2.72. The normalized spacial score (nSPS) is 11.0. The van der Waals surface area contributed by atoms with E-state index >= 15 is 0 Å². The number of hydrogen-bond donors (Lipinski definition) is 0. The molecule has 3 rings (SSSR count). The van der Waals surface area contributed by atoms with Gasteiger partial charge in [-0.1, -0.05) is 41.9 Å². The summed E-state index contributed by atoms with van der Waals surface area (Å²) in [6.07, 6.45) is 0.680. The smallest absolute Gasteiger partial charge is 0.216 e. The average molecular weight is 259 g/mol. The van der Waals surface area contributed by atoms with Crippen LogP contribution < -0.4 is 0 Å². The highest BCUT2D eigenvalue weighted by atomic mass is 35.5. The molecule has 0 fully saturated rings. The SMILES string of the molecule is Cc1cc(Cl)n2nc(Cc3ccccc3)nc2n1. The summed E-state index contributed by atoms with van der Waals surface area (Å²) in [6.45, 7) is 1.89. The van der Waals surface area contributed by atoms with Crippen molar-refractivity contribution in [2.75, 3.05) is 0 Å². The quantitative estimate of drug-likeness (QED) is 0.664. The van der Waals surface area contributed by atoms with Crippen LogP contribution in [0.4, 0.5) is 0 Å². The molecule has 0 saturated carbocycles. The lowest BCUT2D eigenvalue weighted by Gasteiger charge is -1.95. The van der Waals surface area contributed by atoms with Crippen molar-refractivity contribution in [3.63, 3.8) is 0 Å². The molecule has 0 bridgehead atoms. The Hall–Kier alpha value is -1.94. The fourth-order valence-corrected chi connectivity index (χ4v) is 2.11. The molecule has 0 unspecified atom stereocenters. The molecule has 0 atom stereocenters. The summed E-state index contributed by atoms with van der Waals surface area (Å²) in [5.74, 6) is 1.27. The van der Waals surface area contributed by atoms with Crippen LogP contribution in [0.15, 0.2) is 36.4 Å². The van der Waals surface area contributed by atoms with Crippen LogP contribution >= 0.6 is 11.6 Å². The Morgan fingerprint density at radius 2 is 1.94 bits per heavy atom. The molecule has 0 aliphatic rings. The second-order valence-corrected chi connectivity index (χ2v) is 4.51. The van der Waals surface area contributed by atoms with Gasteiger partial charge < -0.3 is 0 Å². The van der Waals surface area contributed by atoms with Crippen molar-refractivity contribution < 1.29 is 0 Å². The van der Waals surface area contributed by atoms with Gasteiger partial charge in [-0.25, -0.2) is 4.98 Å². The predicted octanol–water partition coefficient (Wildman–Crippen LogP) is 2.68. The second kappa shape index (κ2) is 4.38. The van der Waals surface area contributed by atoms with Crippen LogP contribution in [-0.4, -0.2) is 19.6 Å². The third kappa shape index (κ3) is 2.07. The van der Waals surface area contributed by atoms with Crippen molar-refractivity contribution in [3.8, 4) is 0 Å². The van der Waals surface area contributed by atoms with Crippen LogP contribution in [0.2, 0.25) is 5.15 Å². The highest BCUT2D eigenvalue weighted by Gasteiger charge is 2.08. The summed E-state index contributed by atoms with van der Waals surface area (Å²) < 4.78 is 1.56. The van der Waals surface area contributed by atoms with Crippen molar-refractivity contribution in [2.45, 2.75) is 13.3 Å². The van der Waals surface area contributed by atoms with Gasteiger partial charge in [0.15, 0.2) is 5.82 Å². The van der Waals surface area contributed by atoms with E-state index in [1.807, 2.05) is 37.3 Å². The molecule has 0 aliphatic carbocycles. The number of nitrogens with zero attached hydrogens (tertiary/aromatic N) is 4. The van der Waals surface area contributed by atoms with Crippen LogP contribution in [0.25, 0.3) is 5.78 Å². The van der Waals surface area contributed by atoms with Crippen molar-refractivity contribution >= 4 is 17.4 Å². The van der Waals surface area contributed by atoms with Crippen LogP contribution in [0.5, 0.6) is 0 Å². The van der Waals surface area contributed by atoms with Gasteiger partial charge in [0.1, 0.15) is 5.15 Å². The molecule has 0 radical (unpaired) electrons. The molecule has 90 valence electrons. The summed E-state index contributed by atoms with van der Waals surface area (Å²) >= 11 is 6.10. The van der Waals surface area contributed by atoms with Gasteiger partial charge in [-0.2, -0.15) is 9.50 Å². The molecule has 0 saturated heterocycles. The third-order valence-electron chi connectivity index (χ3n) is 2.65. The topological polar surface area (TPSA) is 43.1 Å². The zero-order chi connectivity index (χ0) is 12.5. The zero-order valence-electron chi connectivity index (χ0n) is 9.84. The van der Waals surface area contributed by atoms with Crippen molar-refractivity contribution in [2.24, 2.45) is 0 Å². The van der Waals surface area contributed by atoms with Crippen LogP contribution in [0.1, 0.15) is 17.1 Å². The summed E-state index contributed by atoms with van der Waals surface area (Å²) in [4.78, 5) is 8.69. The molecule has 18 heavy (non-hydrogen) atoms. The van der Waals surface area contributed by atoms with Crippen molar-refractivity contribution in [1.29, 1.82) is 0 Å². The first kappa shape index (κ1) is 11.2. The van der Waals surface area contributed by atoms with E-state index in [0.717, 1.165) is 11.5 Å². The maximum absolute atomic E-state index is 6.10. The van der Waals surface area contributed by atoms with E-state index in [1.165, 1.54) is 5.56 Å². The minimum absolute atomic E-state index is 0.532. The molecule has 0 N–H and O–H groups in total. The fourth-order valence-electron chi connectivity index (χ4n) is 1.84. The molecular formula is C13H11ClN4. The largest absolute Gasteiger partial charge is 0.254 e. The van der Waals surface area contributed by atoms with E-state index in [-0.39, 0.29) is 0 Å². The monoisotopic (exact) mass is 258 g/mol. The minimum atomic E-state index is 0.532. The molecule has 4 nitrogen and oxygen atoms in total. The minimum Gasteiger partial charge on any atom is -0.216 e. The van der Waals surface area contributed by atoms with E-state index in [1.54, 1.807) is 10.6 Å². The van der Waals surface area contributed by atoms with Gasteiger partial charge in [-0.05, 0) is 18.6 Å². The molecule has 2 aromatic heterocycles.